The molecule has 7 nitrogen and oxygen atoms in total. The minimum Gasteiger partial charge on any atom is -0.430 e. The summed E-state index contributed by atoms with van der Waals surface area (Å²) in [4.78, 5) is 33.0. The molecule has 0 saturated carbocycles. The molecule has 0 aliphatic heterocycles. The highest BCUT2D eigenvalue weighted by Crippen LogP contribution is 2.38. The van der Waals surface area contributed by atoms with Crippen LogP contribution in [0.4, 0.5) is 0 Å². The number of furan rings is 1. The number of carbonyl (C=O) groups excluding carboxylic acids is 1. The van der Waals surface area contributed by atoms with Crippen molar-refractivity contribution in [1.29, 1.82) is 0 Å². The molecular weight excluding hydrogens is 344 g/mol. The first kappa shape index (κ1) is 15.7. The summed E-state index contributed by atoms with van der Waals surface area (Å²) in [5.41, 5.74) is 10.1. The van der Waals surface area contributed by atoms with Gasteiger partial charge < -0.3 is 10.2 Å². The second kappa shape index (κ2) is 5.77. The Morgan fingerprint density at radius 1 is 1.19 bits per heavy atom. The van der Waals surface area contributed by atoms with Gasteiger partial charge in [0.2, 0.25) is 17.2 Å². The number of amides is 1. The molecular formula is C20H16N4O3. The molecule has 0 radical (unpaired) electrons. The average Bonchev–Trinajstić information content (AvgIpc) is 3.28. The Morgan fingerprint density at radius 3 is 2.74 bits per heavy atom. The Balaban J connectivity index is 1.84. The largest absolute Gasteiger partial charge is 0.430 e. The predicted molar refractivity (Wildman–Crippen MR) is 100 cm³/mol. The Hall–Kier alpha value is -3.48. The van der Waals surface area contributed by atoms with Crippen LogP contribution >= 0.6 is 0 Å². The zero-order chi connectivity index (χ0) is 18.5. The van der Waals surface area contributed by atoms with Gasteiger partial charge in [-0.05, 0) is 30.4 Å². The summed E-state index contributed by atoms with van der Waals surface area (Å²) in [5, 5.41) is 0.806. The smallest absolute Gasteiger partial charge is 0.297 e. The van der Waals surface area contributed by atoms with E-state index in [1.54, 1.807) is 0 Å². The molecule has 0 bridgehead atoms. The van der Waals surface area contributed by atoms with Crippen molar-refractivity contribution in [3.05, 3.63) is 58.1 Å². The maximum absolute atomic E-state index is 12.7. The molecule has 0 fully saturated rings. The number of primary amides is 1. The van der Waals surface area contributed by atoms with Gasteiger partial charge in [-0.15, -0.1) is 0 Å². The number of fused-ring (bicyclic) bond motifs is 5. The van der Waals surface area contributed by atoms with Gasteiger partial charge in [-0.3, -0.25) is 14.2 Å². The summed E-state index contributed by atoms with van der Waals surface area (Å²) in [6.07, 6.45) is 4.21. The Bertz CT molecular complexity index is 1270. The standard InChI is InChI=1S/C20H16N4O3/c21-14(25)9-24-10-22-17-15-12-7-4-8-13(12)16(11-5-2-1-3-6-11)23-19(15)27-18(17)20(24)26/h1-3,5-6,10H,4,7-9H2,(H2,21,25). The minimum absolute atomic E-state index is 0.112. The summed E-state index contributed by atoms with van der Waals surface area (Å²) in [5.74, 6) is -0.611. The molecule has 0 atom stereocenters. The van der Waals surface area contributed by atoms with Crippen LogP contribution in [0.1, 0.15) is 17.5 Å². The molecule has 1 amide bonds. The number of aryl methyl sites for hydroxylation is 1. The van der Waals surface area contributed by atoms with Gasteiger partial charge in [-0.2, -0.15) is 0 Å². The lowest BCUT2D eigenvalue weighted by Crippen LogP contribution is -2.27. The van der Waals surface area contributed by atoms with E-state index >= 15 is 0 Å². The van der Waals surface area contributed by atoms with Crippen LogP contribution in [0, 0.1) is 0 Å². The van der Waals surface area contributed by atoms with Gasteiger partial charge in [0.05, 0.1) is 17.4 Å². The van der Waals surface area contributed by atoms with E-state index in [1.165, 1.54) is 11.9 Å². The summed E-state index contributed by atoms with van der Waals surface area (Å²) in [6, 6.07) is 9.96. The zero-order valence-electron chi connectivity index (χ0n) is 14.4. The Kier molecular flexibility index (Phi) is 3.36. The molecule has 27 heavy (non-hydrogen) atoms. The maximum atomic E-state index is 12.7. The highest BCUT2D eigenvalue weighted by molar-refractivity contribution is 6.04. The van der Waals surface area contributed by atoms with Crippen molar-refractivity contribution >= 4 is 28.1 Å². The van der Waals surface area contributed by atoms with Crippen molar-refractivity contribution in [3.63, 3.8) is 0 Å². The molecule has 1 aliphatic rings. The maximum Gasteiger partial charge on any atom is 0.297 e. The molecule has 134 valence electrons. The van der Waals surface area contributed by atoms with Crippen molar-refractivity contribution in [2.75, 3.05) is 0 Å². The fourth-order valence-electron chi connectivity index (χ4n) is 3.91. The molecule has 3 aromatic heterocycles. The highest BCUT2D eigenvalue weighted by Gasteiger charge is 2.26. The Morgan fingerprint density at radius 2 is 1.96 bits per heavy atom. The van der Waals surface area contributed by atoms with E-state index in [2.05, 4.69) is 4.98 Å². The lowest BCUT2D eigenvalue weighted by atomic mass is 10.0. The summed E-state index contributed by atoms with van der Waals surface area (Å²) < 4.78 is 6.99. The van der Waals surface area contributed by atoms with Crippen LogP contribution in [0.15, 0.2) is 45.9 Å². The van der Waals surface area contributed by atoms with E-state index in [1.807, 2.05) is 30.3 Å². The molecule has 7 heteroatoms. The number of carbonyl (C=O) groups is 1. The van der Waals surface area contributed by atoms with Gasteiger partial charge in [0, 0.05) is 5.56 Å². The number of hydrogen-bond donors (Lipinski definition) is 1. The van der Waals surface area contributed by atoms with Crippen molar-refractivity contribution in [2.24, 2.45) is 5.73 Å². The monoisotopic (exact) mass is 360 g/mol. The highest BCUT2D eigenvalue weighted by atomic mass is 16.3. The molecule has 4 aromatic rings. The lowest BCUT2D eigenvalue weighted by molar-refractivity contribution is -0.118. The number of aromatic nitrogens is 3. The Labute approximate surface area is 153 Å². The molecule has 1 aliphatic carbocycles. The van der Waals surface area contributed by atoms with Crippen molar-refractivity contribution in [3.8, 4) is 11.3 Å². The van der Waals surface area contributed by atoms with Crippen LogP contribution in [-0.4, -0.2) is 20.4 Å². The number of nitrogens with zero attached hydrogens (tertiary/aromatic N) is 3. The third-order valence-electron chi connectivity index (χ3n) is 5.04. The van der Waals surface area contributed by atoms with E-state index in [0.29, 0.717) is 11.2 Å². The number of nitrogens with two attached hydrogens (primary N) is 1. The number of benzene rings is 1. The van der Waals surface area contributed by atoms with Gasteiger partial charge in [-0.1, -0.05) is 30.3 Å². The van der Waals surface area contributed by atoms with Crippen LogP contribution in [-0.2, 0) is 24.2 Å². The molecule has 2 N–H and O–H groups in total. The first-order valence-electron chi connectivity index (χ1n) is 8.80. The first-order valence-corrected chi connectivity index (χ1v) is 8.80. The quantitative estimate of drug-likeness (QED) is 0.603. The normalized spacial score (nSPS) is 13.3. The SMILES string of the molecule is NC(=O)Cn1cnc2c(oc3nc(-c4ccccc4)c4c(c32)CCC4)c1=O. The zero-order valence-corrected chi connectivity index (χ0v) is 14.4. The van der Waals surface area contributed by atoms with Gasteiger partial charge >= 0.3 is 0 Å². The fraction of sp³-hybridized carbons (Fsp3) is 0.200. The second-order valence-electron chi connectivity index (χ2n) is 6.74. The molecule has 3 heterocycles. The third-order valence-corrected chi connectivity index (χ3v) is 5.04. The number of rotatable bonds is 3. The van der Waals surface area contributed by atoms with Crippen molar-refractivity contribution in [2.45, 2.75) is 25.8 Å². The summed E-state index contributed by atoms with van der Waals surface area (Å²) >= 11 is 0. The molecule has 5 rings (SSSR count). The van der Waals surface area contributed by atoms with Gasteiger partial charge in [0.15, 0.2) is 0 Å². The number of pyridine rings is 1. The summed E-state index contributed by atoms with van der Waals surface area (Å²) in [6.45, 7) is -0.236. The van der Waals surface area contributed by atoms with E-state index in [0.717, 1.165) is 46.0 Å². The van der Waals surface area contributed by atoms with Crippen LogP contribution in [0.3, 0.4) is 0 Å². The van der Waals surface area contributed by atoms with E-state index in [-0.39, 0.29) is 12.1 Å². The van der Waals surface area contributed by atoms with Crippen molar-refractivity contribution in [1.82, 2.24) is 14.5 Å². The first-order chi connectivity index (χ1) is 13.1. The van der Waals surface area contributed by atoms with Gasteiger partial charge in [0.25, 0.3) is 5.56 Å². The van der Waals surface area contributed by atoms with Crippen LogP contribution < -0.4 is 11.3 Å². The van der Waals surface area contributed by atoms with E-state index in [9.17, 15) is 9.59 Å². The van der Waals surface area contributed by atoms with Crippen LogP contribution in [0.5, 0.6) is 0 Å². The molecule has 1 aromatic carbocycles. The second-order valence-corrected chi connectivity index (χ2v) is 6.74. The van der Waals surface area contributed by atoms with E-state index in [4.69, 9.17) is 15.1 Å². The fourth-order valence-corrected chi connectivity index (χ4v) is 3.91. The van der Waals surface area contributed by atoms with Gasteiger partial charge in [0.1, 0.15) is 12.1 Å². The molecule has 0 saturated heterocycles. The average molecular weight is 360 g/mol. The van der Waals surface area contributed by atoms with E-state index < -0.39 is 11.5 Å². The third kappa shape index (κ3) is 2.35. The molecule has 0 spiro atoms. The number of hydrogen-bond acceptors (Lipinski definition) is 5. The molecule has 0 unspecified atom stereocenters. The summed E-state index contributed by atoms with van der Waals surface area (Å²) in [7, 11) is 0. The van der Waals surface area contributed by atoms with Crippen molar-refractivity contribution < 1.29 is 9.21 Å². The predicted octanol–water partition coefficient (Wildman–Crippen LogP) is 2.18. The lowest BCUT2D eigenvalue weighted by Gasteiger charge is -2.08. The topological polar surface area (TPSA) is 104 Å². The van der Waals surface area contributed by atoms with Gasteiger partial charge in [-0.25, -0.2) is 9.97 Å². The minimum atomic E-state index is -0.611. The van der Waals surface area contributed by atoms with Crippen LogP contribution in [0.25, 0.3) is 33.5 Å². The van der Waals surface area contributed by atoms with Crippen LogP contribution in [0.2, 0.25) is 0 Å².